The van der Waals surface area contributed by atoms with Crippen LogP contribution in [0, 0.1) is 11.8 Å². The molecule has 3 aromatic carbocycles. The van der Waals surface area contributed by atoms with Crippen LogP contribution in [0.3, 0.4) is 0 Å². The van der Waals surface area contributed by atoms with Crippen LogP contribution < -0.4 is 10.2 Å². The Morgan fingerprint density at radius 3 is 2.24 bits per heavy atom. The Kier molecular flexibility index (Phi) is 8.18. The number of phenolic OH excluding ortho intramolecular Hbond substituents is 1. The number of aromatic hydroxyl groups is 1. The highest BCUT2D eigenvalue weighted by Crippen LogP contribution is 2.36. The molecule has 0 atom stereocenters. The van der Waals surface area contributed by atoms with Crippen molar-refractivity contribution in [3.05, 3.63) is 72.3 Å². The van der Waals surface area contributed by atoms with E-state index in [4.69, 9.17) is 0 Å². The molecule has 37 heavy (non-hydrogen) atoms. The summed E-state index contributed by atoms with van der Waals surface area (Å²) in [6.45, 7) is 10.6. The van der Waals surface area contributed by atoms with Gasteiger partial charge in [0.15, 0.2) is 5.82 Å². The summed E-state index contributed by atoms with van der Waals surface area (Å²) < 4.78 is 0. The van der Waals surface area contributed by atoms with Crippen LogP contribution >= 0.6 is 0 Å². The number of amides is 1. The number of carbonyl (C=O) groups is 1. The maximum absolute atomic E-state index is 13.2. The quantitative estimate of drug-likeness (QED) is 0.265. The average molecular weight is 499 g/mol. The number of aromatic amines is 1. The van der Waals surface area contributed by atoms with Crippen molar-refractivity contribution >= 4 is 17.3 Å². The molecule has 0 aliphatic rings. The predicted octanol–water partition coefficient (Wildman–Crippen LogP) is 5.54. The maximum atomic E-state index is 13.2. The number of nitrogens with zero attached hydrogens (tertiary/aromatic N) is 4. The van der Waals surface area contributed by atoms with Gasteiger partial charge in [0.2, 0.25) is 5.91 Å². The second-order valence-electron chi connectivity index (χ2n) is 10.1. The third kappa shape index (κ3) is 6.73. The van der Waals surface area contributed by atoms with Gasteiger partial charge in [0.25, 0.3) is 0 Å². The fourth-order valence-corrected chi connectivity index (χ4v) is 4.44. The Balaban J connectivity index is 1.74. The van der Waals surface area contributed by atoms with Gasteiger partial charge >= 0.3 is 0 Å². The minimum Gasteiger partial charge on any atom is -0.508 e. The van der Waals surface area contributed by atoms with E-state index in [0.29, 0.717) is 17.7 Å². The summed E-state index contributed by atoms with van der Waals surface area (Å²) in [7, 11) is 0. The largest absolute Gasteiger partial charge is 0.508 e. The Hall–Kier alpha value is -4.20. The molecular weight excluding hydrogens is 464 g/mol. The topological polar surface area (TPSA) is 107 Å². The lowest BCUT2D eigenvalue weighted by molar-refractivity contribution is -0.115. The monoisotopic (exact) mass is 498 g/mol. The van der Waals surface area contributed by atoms with Crippen molar-refractivity contribution in [3.8, 4) is 28.3 Å². The number of H-pyrrole nitrogens is 1. The van der Waals surface area contributed by atoms with E-state index in [1.165, 1.54) is 0 Å². The number of tetrazole rings is 1. The van der Waals surface area contributed by atoms with Crippen molar-refractivity contribution in [1.29, 1.82) is 0 Å². The van der Waals surface area contributed by atoms with Crippen molar-refractivity contribution < 1.29 is 9.90 Å². The zero-order chi connectivity index (χ0) is 26.4. The van der Waals surface area contributed by atoms with Crippen LogP contribution in [-0.2, 0) is 11.2 Å². The highest BCUT2D eigenvalue weighted by atomic mass is 16.3. The van der Waals surface area contributed by atoms with Gasteiger partial charge in [0, 0.05) is 18.7 Å². The highest BCUT2D eigenvalue weighted by molar-refractivity contribution is 5.97. The van der Waals surface area contributed by atoms with Gasteiger partial charge in [-0.3, -0.25) is 4.79 Å². The van der Waals surface area contributed by atoms with Gasteiger partial charge in [0.1, 0.15) is 5.75 Å². The van der Waals surface area contributed by atoms with Crippen molar-refractivity contribution in [3.63, 3.8) is 0 Å². The summed E-state index contributed by atoms with van der Waals surface area (Å²) in [5.41, 5.74) is 5.36. The number of hydrogen-bond donors (Lipinski definition) is 3. The van der Waals surface area contributed by atoms with Gasteiger partial charge in [-0.1, -0.05) is 70.2 Å². The van der Waals surface area contributed by atoms with Crippen LogP contribution in [0.1, 0.15) is 33.3 Å². The Labute approximate surface area is 217 Å². The van der Waals surface area contributed by atoms with E-state index < -0.39 is 0 Å². The van der Waals surface area contributed by atoms with E-state index in [-0.39, 0.29) is 18.1 Å². The van der Waals surface area contributed by atoms with Crippen LogP contribution in [0.5, 0.6) is 5.75 Å². The molecule has 1 amide bonds. The second-order valence-corrected chi connectivity index (χ2v) is 10.1. The third-order valence-electron chi connectivity index (χ3n) is 5.92. The first kappa shape index (κ1) is 25.9. The maximum Gasteiger partial charge on any atom is 0.228 e. The van der Waals surface area contributed by atoms with Crippen molar-refractivity contribution in [1.82, 2.24) is 20.6 Å². The molecule has 0 radical (unpaired) electrons. The van der Waals surface area contributed by atoms with Crippen LogP contribution in [0.2, 0.25) is 0 Å². The zero-order valence-corrected chi connectivity index (χ0v) is 21.8. The molecule has 0 spiro atoms. The predicted molar refractivity (Wildman–Crippen MR) is 147 cm³/mol. The Morgan fingerprint density at radius 2 is 1.62 bits per heavy atom. The van der Waals surface area contributed by atoms with E-state index >= 15 is 0 Å². The van der Waals surface area contributed by atoms with Crippen molar-refractivity contribution in [2.24, 2.45) is 11.8 Å². The molecule has 0 aliphatic heterocycles. The van der Waals surface area contributed by atoms with Crippen LogP contribution in [-0.4, -0.2) is 44.7 Å². The first-order valence-corrected chi connectivity index (χ1v) is 12.6. The number of anilines is 2. The number of nitrogens with one attached hydrogen (secondary N) is 2. The smallest absolute Gasteiger partial charge is 0.228 e. The van der Waals surface area contributed by atoms with Crippen LogP contribution in [0.15, 0.2) is 66.7 Å². The summed E-state index contributed by atoms with van der Waals surface area (Å²) in [6, 6.07) is 20.8. The van der Waals surface area contributed by atoms with Gasteiger partial charge in [-0.05, 0) is 63.2 Å². The summed E-state index contributed by atoms with van der Waals surface area (Å²) in [6.07, 6.45) is 0.207. The first-order valence-electron chi connectivity index (χ1n) is 12.6. The lowest BCUT2D eigenvalue weighted by Gasteiger charge is -2.31. The standard InChI is InChI=1S/C29H34N6O2/c1-19(2)17-35(18-20(3)4)27-14-11-22(24-7-5-6-8-25(24)29-31-33-34-32-29)16-26(27)30-28(37)15-21-9-12-23(36)13-10-21/h5-14,16,19-20,36H,15,17-18H2,1-4H3,(H,30,37)(H,31,32,33,34). The number of rotatable bonds is 10. The molecule has 0 bridgehead atoms. The number of hydrogen-bond acceptors (Lipinski definition) is 6. The van der Waals surface area contributed by atoms with Crippen molar-refractivity contribution in [2.45, 2.75) is 34.1 Å². The van der Waals surface area contributed by atoms with Crippen LogP contribution in [0.4, 0.5) is 11.4 Å². The fraction of sp³-hybridized carbons (Fsp3) is 0.310. The second kappa shape index (κ2) is 11.7. The van der Waals surface area contributed by atoms with E-state index in [0.717, 1.165) is 46.7 Å². The van der Waals surface area contributed by atoms with E-state index in [9.17, 15) is 9.90 Å². The number of phenols is 1. The zero-order valence-electron chi connectivity index (χ0n) is 21.8. The molecule has 1 heterocycles. The lowest BCUT2D eigenvalue weighted by Crippen LogP contribution is -2.32. The van der Waals surface area contributed by atoms with Crippen LogP contribution in [0.25, 0.3) is 22.5 Å². The third-order valence-corrected chi connectivity index (χ3v) is 5.92. The summed E-state index contributed by atoms with van der Waals surface area (Å²) >= 11 is 0. The molecule has 0 saturated heterocycles. The molecule has 8 heteroatoms. The normalized spacial score (nSPS) is 11.2. The molecule has 0 saturated carbocycles. The van der Waals surface area contributed by atoms with Gasteiger partial charge in [-0.15, -0.1) is 5.10 Å². The molecule has 192 valence electrons. The van der Waals surface area contributed by atoms with E-state index in [2.05, 4.69) is 70.7 Å². The Bertz CT molecular complexity index is 1310. The molecule has 8 nitrogen and oxygen atoms in total. The van der Waals surface area contributed by atoms with Gasteiger partial charge in [0.05, 0.1) is 17.8 Å². The van der Waals surface area contributed by atoms with Gasteiger partial charge < -0.3 is 15.3 Å². The number of carbonyl (C=O) groups excluding carboxylic acids is 1. The summed E-state index contributed by atoms with van der Waals surface area (Å²) in [5, 5.41) is 27.1. The molecule has 1 aromatic heterocycles. The SMILES string of the molecule is CC(C)CN(CC(C)C)c1ccc(-c2ccccc2-c2nnn[nH]2)cc1NC(=O)Cc1ccc(O)cc1. The van der Waals surface area contributed by atoms with E-state index in [1.807, 2.05) is 30.3 Å². The highest BCUT2D eigenvalue weighted by Gasteiger charge is 2.19. The molecule has 4 rings (SSSR count). The summed E-state index contributed by atoms with van der Waals surface area (Å²) in [4.78, 5) is 15.5. The van der Waals surface area contributed by atoms with Gasteiger partial charge in [-0.25, -0.2) is 5.10 Å². The number of benzene rings is 3. The minimum absolute atomic E-state index is 0.120. The average Bonchev–Trinajstić information content (AvgIpc) is 3.39. The summed E-state index contributed by atoms with van der Waals surface area (Å²) in [5.74, 6) is 1.56. The molecule has 0 fully saturated rings. The molecule has 3 N–H and O–H groups in total. The lowest BCUT2D eigenvalue weighted by atomic mass is 9.97. The Morgan fingerprint density at radius 1 is 0.946 bits per heavy atom. The van der Waals surface area contributed by atoms with E-state index in [1.54, 1.807) is 24.3 Å². The van der Waals surface area contributed by atoms with Crippen molar-refractivity contribution in [2.75, 3.05) is 23.3 Å². The number of aromatic nitrogens is 4. The minimum atomic E-state index is -0.120. The molecular formula is C29H34N6O2. The first-order chi connectivity index (χ1) is 17.8. The van der Waals surface area contributed by atoms with Gasteiger partial charge in [-0.2, -0.15) is 0 Å². The molecule has 4 aromatic rings. The fourth-order valence-electron chi connectivity index (χ4n) is 4.44. The molecule has 0 aliphatic carbocycles. The molecule has 0 unspecified atom stereocenters.